The lowest BCUT2D eigenvalue weighted by molar-refractivity contribution is -0.161. The molecule has 0 spiro atoms. The summed E-state index contributed by atoms with van der Waals surface area (Å²) in [4.78, 5) is 44.4. The molecule has 2 amide bonds. The van der Waals surface area contributed by atoms with Crippen LogP contribution in [-0.4, -0.2) is 86.1 Å². The van der Waals surface area contributed by atoms with Gasteiger partial charge in [-0.2, -0.15) is 16.8 Å². The van der Waals surface area contributed by atoms with E-state index in [1.54, 1.807) is 0 Å². The molecule has 2 rings (SSSR count). The molecule has 1 aromatic heterocycles. The largest absolute Gasteiger partial charge is 0.478 e. The maximum atomic E-state index is 12.6. The van der Waals surface area contributed by atoms with E-state index < -0.39 is 61.9 Å². The smallest absolute Gasteiger partial charge is 0.394 e. The van der Waals surface area contributed by atoms with Gasteiger partial charge in [-0.1, -0.05) is 5.16 Å². The van der Waals surface area contributed by atoms with E-state index in [0.29, 0.717) is 0 Å². The number of nitrogen functional groups attached to an aromatic ring is 1. The Morgan fingerprint density at radius 2 is 1.79 bits per heavy atom. The number of anilines is 1. The summed E-state index contributed by atoms with van der Waals surface area (Å²) >= 11 is 0.980. The van der Waals surface area contributed by atoms with Gasteiger partial charge >= 0.3 is 26.7 Å². The summed E-state index contributed by atoms with van der Waals surface area (Å²) in [7, 11) is -9.42. The lowest BCUT2D eigenvalue weighted by Crippen LogP contribution is -2.71. The summed E-state index contributed by atoms with van der Waals surface area (Å²) in [5, 5.41) is 16.3. The summed E-state index contributed by atoms with van der Waals surface area (Å²) in [6.07, 6.45) is 0. The van der Waals surface area contributed by atoms with Crippen molar-refractivity contribution in [2.24, 2.45) is 5.16 Å². The van der Waals surface area contributed by atoms with E-state index in [9.17, 15) is 22.8 Å². The molecule has 0 radical (unpaired) electrons. The predicted molar refractivity (Wildman–Crippen MR) is 110 cm³/mol. The predicted octanol–water partition coefficient (Wildman–Crippen LogP) is -1.83. The lowest BCUT2D eigenvalue weighted by Gasteiger charge is -2.42. The number of carboxylic acid groups (broad SMARTS) is 1. The standard InChI is InChI=1S/C13H17N5O8S2.H2O4S/c1-5-7(10(20)18(5)28(23,24)25)16-9(19)8(6-4-27-12(14)15-6)17-26-13(2,3)11(21)22;1-5(2,3)4/h4-5,7H,1-3H3,(H2,14,15)(H,16,19)(H,21,22)(H,23,24,25);(H2,1,2,3,4)/b17-8-;/t5-,7-;/m0./s1. The van der Waals surface area contributed by atoms with E-state index in [2.05, 4.69) is 15.5 Å². The Hall–Kier alpha value is -2.91. The van der Waals surface area contributed by atoms with E-state index in [1.807, 2.05) is 0 Å². The summed E-state index contributed by atoms with van der Waals surface area (Å²) in [5.41, 5.74) is 3.26. The molecular weight excluding hydrogens is 514 g/mol. The van der Waals surface area contributed by atoms with Crippen LogP contribution in [0.1, 0.15) is 26.5 Å². The molecule has 0 aromatic carbocycles. The average molecular weight is 534 g/mol. The summed E-state index contributed by atoms with van der Waals surface area (Å²) in [6.45, 7) is 3.69. The van der Waals surface area contributed by atoms with Crippen molar-refractivity contribution in [3.05, 3.63) is 11.1 Å². The molecule has 20 heteroatoms. The molecule has 0 unspecified atom stereocenters. The van der Waals surface area contributed by atoms with Crippen LogP contribution in [0.25, 0.3) is 0 Å². The number of amides is 2. The normalized spacial score (nSPS) is 19.2. The van der Waals surface area contributed by atoms with Gasteiger partial charge in [0.25, 0.3) is 11.8 Å². The van der Waals surface area contributed by atoms with Crippen LogP contribution in [0, 0.1) is 0 Å². The van der Waals surface area contributed by atoms with E-state index in [0.717, 1.165) is 11.3 Å². The van der Waals surface area contributed by atoms with Crippen molar-refractivity contribution in [3.8, 4) is 0 Å². The van der Waals surface area contributed by atoms with Crippen LogP contribution >= 0.6 is 11.3 Å². The van der Waals surface area contributed by atoms with Gasteiger partial charge in [0.1, 0.15) is 11.7 Å². The fraction of sp³-hybridized carbons (Fsp3) is 0.462. The number of nitrogens with zero attached hydrogens (tertiary/aromatic N) is 3. The zero-order valence-corrected chi connectivity index (χ0v) is 19.4. The number of carbonyl (C=O) groups excluding carboxylic acids is 2. The number of nitrogens with one attached hydrogen (secondary N) is 1. The first-order valence-corrected chi connectivity index (χ1v) is 12.0. The summed E-state index contributed by atoms with van der Waals surface area (Å²) in [5.74, 6) is -3.38. The van der Waals surface area contributed by atoms with Crippen LogP contribution in [0.15, 0.2) is 10.5 Å². The highest BCUT2D eigenvalue weighted by atomic mass is 32.3. The molecule has 1 aliphatic rings. The van der Waals surface area contributed by atoms with Gasteiger partial charge in [-0.25, -0.2) is 14.1 Å². The highest BCUT2D eigenvalue weighted by molar-refractivity contribution is 7.84. The molecule has 186 valence electrons. The molecule has 1 fully saturated rings. The van der Waals surface area contributed by atoms with Gasteiger partial charge < -0.3 is 21.0 Å². The minimum atomic E-state index is -4.76. The number of aromatic nitrogens is 1. The zero-order chi connectivity index (χ0) is 25.9. The monoisotopic (exact) mass is 533 g/mol. The van der Waals surface area contributed by atoms with Crippen LogP contribution in [0.5, 0.6) is 0 Å². The van der Waals surface area contributed by atoms with Gasteiger partial charge in [0.05, 0.1) is 6.04 Å². The lowest BCUT2D eigenvalue weighted by atomic mass is 10.0. The molecule has 17 nitrogen and oxygen atoms in total. The number of hydrogen-bond donors (Lipinski definition) is 6. The fourth-order valence-corrected chi connectivity index (χ4v) is 3.54. The third-order valence-corrected chi connectivity index (χ3v) is 5.41. The second-order valence-corrected chi connectivity index (χ2v) is 9.74. The summed E-state index contributed by atoms with van der Waals surface area (Å²) < 4.78 is 63.0. The number of carboxylic acids is 1. The Bertz CT molecular complexity index is 1170. The number of rotatable bonds is 7. The van der Waals surface area contributed by atoms with Crippen LogP contribution in [0.2, 0.25) is 0 Å². The molecule has 1 aliphatic heterocycles. The van der Waals surface area contributed by atoms with Crippen molar-refractivity contribution < 1.29 is 54.8 Å². The van der Waals surface area contributed by atoms with Gasteiger partial charge in [-0.15, -0.1) is 11.3 Å². The molecule has 1 aromatic rings. The Balaban J connectivity index is 0.000000981. The second-order valence-electron chi connectivity index (χ2n) is 6.67. The quantitative estimate of drug-likeness (QED) is 0.0973. The first-order valence-electron chi connectivity index (χ1n) is 8.28. The topological polar surface area (TPSA) is 276 Å². The van der Waals surface area contributed by atoms with Crippen molar-refractivity contribution >= 4 is 60.7 Å². The van der Waals surface area contributed by atoms with Crippen LogP contribution in [0.4, 0.5) is 5.13 Å². The van der Waals surface area contributed by atoms with Crippen molar-refractivity contribution in [2.75, 3.05) is 5.73 Å². The highest BCUT2D eigenvalue weighted by Crippen LogP contribution is 2.23. The number of thiazole rings is 1. The molecule has 2 heterocycles. The number of oxime groups is 1. The van der Waals surface area contributed by atoms with Crippen molar-refractivity contribution in [1.29, 1.82) is 0 Å². The zero-order valence-electron chi connectivity index (χ0n) is 16.9. The molecule has 0 bridgehead atoms. The summed E-state index contributed by atoms with van der Waals surface area (Å²) in [6, 6.07) is -2.31. The van der Waals surface area contributed by atoms with Gasteiger partial charge in [-0.3, -0.25) is 23.2 Å². The first kappa shape index (κ1) is 28.1. The molecule has 33 heavy (non-hydrogen) atoms. The van der Waals surface area contributed by atoms with Crippen LogP contribution in [-0.2, 0) is 39.9 Å². The van der Waals surface area contributed by atoms with Crippen molar-refractivity contribution in [2.45, 2.75) is 38.5 Å². The third-order valence-electron chi connectivity index (χ3n) is 3.73. The first-order chi connectivity index (χ1) is 14.8. The van der Waals surface area contributed by atoms with Gasteiger partial charge in [0, 0.05) is 5.38 Å². The average Bonchev–Trinajstić information content (AvgIpc) is 3.03. The number of nitrogens with two attached hydrogens (primary N) is 1. The molecule has 0 saturated carbocycles. The van der Waals surface area contributed by atoms with Crippen molar-refractivity contribution in [3.63, 3.8) is 0 Å². The SMILES string of the molecule is C[C@H]1[C@H](NC(=O)/C(=N\OC(C)(C)C(=O)O)c2csc(N)n2)C(=O)N1S(=O)(=O)O.O=S(=O)(O)O. The Morgan fingerprint density at radius 3 is 2.15 bits per heavy atom. The number of carbonyl (C=O) groups is 3. The Morgan fingerprint density at radius 1 is 1.27 bits per heavy atom. The van der Waals surface area contributed by atoms with Gasteiger partial charge in [-0.05, 0) is 20.8 Å². The molecular formula is C13H19N5O12S3. The minimum absolute atomic E-state index is 0.0350. The van der Waals surface area contributed by atoms with E-state index in [-0.39, 0.29) is 15.1 Å². The van der Waals surface area contributed by atoms with Crippen molar-refractivity contribution in [1.82, 2.24) is 14.6 Å². The number of hydrogen-bond acceptors (Lipinski definition) is 12. The molecule has 0 aliphatic carbocycles. The Labute approximate surface area is 190 Å². The van der Waals surface area contributed by atoms with E-state index >= 15 is 0 Å². The molecule has 1 saturated heterocycles. The maximum absolute atomic E-state index is 12.6. The maximum Gasteiger partial charge on any atom is 0.394 e. The van der Waals surface area contributed by atoms with Crippen LogP contribution in [0.3, 0.4) is 0 Å². The molecule has 7 N–H and O–H groups in total. The second kappa shape index (κ2) is 9.93. The number of aliphatic carboxylic acids is 1. The fourth-order valence-electron chi connectivity index (χ4n) is 2.11. The third kappa shape index (κ3) is 7.87. The minimum Gasteiger partial charge on any atom is -0.478 e. The van der Waals surface area contributed by atoms with Gasteiger partial charge in [0.2, 0.25) is 5.60 Å². The molecule has 2 atom stereocenters. The van der Waals surface area contributed by atoms with E-state index in [4.69, 9.17) is 37.8 Å². The van der Waals surface area contributed by atoms with Crippen LogP contribution < -0.4 is 11.1 Å². The Kier molecular flexibility index (Phi) is 8.46. The van der Waals surface area contributed by atoms with Gasteiger partial charge in [0.15, 0.2) is 10.8 Å². The van der Waals surface area contributed by atoms with E-state index in [1.165, 1.54) is 26.2 Å². The highest BCUT2D eigenvalue weighted by Gasteiger charge is 2.51. The number of β-lactam (4-membered cyclic amide) rings is 1.